The van der Waals surface area contributed by atoms with Crippen LogP contribution in [0.5, 0.6) is 0 Å². The van der Waals surface area contributed by atoms with Crippen molar-refractivity contribution < 1.29 is 23.8 Å². The van der Waals surface area contributed by atoms with Gasteiger partial charge in [-0.25, -0.2) is 0 Å². The Morgan fingerprint density at radius 1 is 0.947 bits per heavy atom. The van der Waals surface area contributed by atoms with Gasteiger partial charge >= 0.3 is 11.9 Å². The molecule has 5 nitrogen and oxygen atoms in total. The van der Waals surface area contributed by atoms with E-state index >= 15 is 0 Å². The highest BCUT2D eigenvalue weighted by Crippen LogP contribution is 2.35. The molecule has 0 saturated carbocycles. The van der Waals surface area contributed by atoms with E-state index in [1.54, 1.807) is 13.8 Å². The fourth-order valence-electron chi connectivity index (χ4n) is 1.94. The van der Waals surface area contributed by atoms with Crippen LogP contribution >= 0.6 is 0 Å². The lowest BCUT2D eigenvalue weighted by molar-refractivity contribution is -0.177. The number of rotatable bonds is 9. The molecule has 0 rings (SSSR count). The van der Waals surface area contributed by atoms with Crippen LogP contribution in [0, 0.1) is 11.3 Å². The molecule has 0 amide bonds. The predicted octanol–water partition coefficient (Wildman–Crippen LogP) is 2.18. The van der Waals surface area contributed by atoms with E-state index in [0.717, 1.165) is 0 Å². The van der Waals surface area contributed by atoms with Crippen LogP contribution in [0.1, 0.15) is 41.0 Å². The predicted molar refractivity (Wildman–Crippen MR) is 71.6 cm³/mol. The van der Waals surface area contributed by atoms with E-state index < -0.39 is 17.4 Å². The molecule has 0 aliphatic rings. The van der Waals surface area contributed by atoms with E-state index in [-0.39, 0.29) is 25.6 Å². The summed E-state index contributed by atoms with van der Waals surface area (Å²) >= 11 is 0. The van der Waals surface area contributed by atoms with Gasteiger partial charge in [-0.3, -0.25) is 9.59 Å². The molecule has 0 spiro atoms. The Labute approximate surface area is 115 Å². The van der Waals surface area contributed by atoms with Gasteiger partial charge in [-0.05, 0) is 33.1 Å². The fourth-order valence-corrected chi connectivity index (χ4v) is 1.94. The Kier molecular flexibility index (Phi) is 8.39. The molecule has 0 unspecified atom stereocenters. The number of hydrogen-bond donors (Lipinski definition) is 0. The minimum Gasteiger partial charge on any atom is -0.465 e. The maximum Gasteiger partial charge on any atom is 0.323 e. The Hall–Kier alpha value is -1.10. The number of ether oxygens (including phenoxy) is 3. The highest BCUT2D eigenvalue weighted by Gasteiger charge is 2.51. The van der Waals surface area contributed by atoms with Crippen LogP contribution in [0.25, 0.3) is 0 Å². The molecule has 0 aromatic rings. The standard InChI is InChI=1S/C14H26O5/c1-6-17-10-9-14(11(4)5,12(15)18-7-2)13(16)19-8-3/h11H,6-10H2,1-5H3. The summed E-state index contributed by atoms with van der Waals surface area (Å²) in [6.07, 6.45) is 0.274. The summed E-state index contributed by atoms with van der Waals surface area (Å²) in [7, 11) is 0. The first-order chi connectivity index (χ1) is 8.97. The Bertz CT molecular complexity index is 268. The van der Waals surface area contributed by atoms with Gasteiger partial charge in [0.1, 0.15) is 0 Å². The lowest BCUT2D eigenvalue weighted by Gasteiger charge is -2.32. The van der Waals surface area contributed by atoms with Crippen molar-refractivity contribution in [2.75, 3.05) is 26.4 Å². The smallest absolute Gasteiger partial charge is 0.323 e. The van der Waals surface area contributed by atoms with E-state index in [0.29, 0.717) is 13.2 Å². The summed E-state index contributed by atoms with van der Waals surface area (Å²) < 4.78 is 15.4. The van der Waals surface area contributed by atoms with Crippen LogP contribution < -0.4 is 0 Å². The highest BCUT2D eigenvalue weighted by atomic mass is 16.6. The molecular formula is C14H26O5. The molecule has 5 heteroatoms. The molecule has 0 atom stereocenters. The molecule has 0 bridgehead atoms. The Morgan fingerprint density at radius 2 is 1.42 bits per heavy atom. The molecular weight excluding hydrogens is 248 g/mol. The minimum absolute atomic E-state index is 0.217. The molecule has 0 N–H and O–H groups in total. The maximum absolute atomic E-state index is 12.2. The minimum atomic E-state index is -1.28. The van der Waals surface area contributed by atoms with Crippen molar-refractivity contribution in [2.24, 2.45) is 11.3 Å². The van der Waals surface area contributed by atoms with Crippen LogP contribution in [0.15, 0.2) is 0 Å². The molecule has 0 radical (unpaired) electrons. The quantitative estimate of drug-likeness (QED) is 0.366. The van der Waals surface area contributed by atoms with Gasteiger partial charge in [0, 0.05) is 13.2 Å². The van der Waals surface area contributed by atoms with Gasteiger partial charge in [0.15, 0.2) is 5.41 Å². The van der Waals surface area contributed by atoms with E-state index in [2.05, 4.69) is 0 Å². The average Bonchev–Trinajstić information content (AvgIpc) is 2.34. The van der Waals surface area contributed by atoms with E-state index in [9.17, 15) is 9.59 Å². The second-order valence-electron chi connectivity index (χ2n) is 4.51. The van der Waals surface area contributed by atoms with Crippen LogP contribution in [0.2, 0.25) is 0 Å². The van der Waals surface area contributed by atoms with Crippen molar-refractivity contribution in [1.29, 1.82) is 0 Å². The van der Waals surface area contributed by atoms with Crippen LogP contribution in [0.3, 0.4) is 0 Å². The molecule has 112 valence electrons. The highest BCUT2D eigenvalue weighted by molar-refractivity contribution is 6.00. The maximum atomic E-state index is 12.2. The molecule has 0 aromatic carbocycles. The van der Waals surface area contributed by atoms with Crippen LogP contribution in [-0.4, -0.2) is 38.4 Å². The Morgan fingerprint density at radius 3 is 1.74 bits per heavy atom. The van der Waals surface area contributed by atoms with Crippen molar-refractivity contribution in [3.8, 4) is 0 Å². The zero-order valence-corrected chi connectivity index (χ0v) is 12.7. The summed E-state index contributed by atoms with van der Waals surface area (Å²) in [5.41, 5.74) is -1.28. The SMILES string of the molecule is CCOCCC(C(=O)OCC)(C(=O)OCC)C(C)C. The first kappa shape index (κ1) is 17.9. The monoisotopic (exact) mass is 274 g/mol. The van der Waals surface area contributed by atoms with E-state index in [1.165, 1.54) is 0 Å². The van der Waals surface area contributed by atoms with Crippen LogP contribution in [0.4, 0.5) is 0 Å². The van der Waals surface area contributed by atoms with Gasteiger partial charge in [0.25, 0.3) is 0 Å². The third kappa shape index (κ3) is 4.49. The van der Waals surface area contributed by atoms with Gasteiger partial charge in [-0.1, -0.05) is 13.8 Å². The van der Waals surface area contributed by atoms with Crippen molar-refractivity contribution in [3.05, 3.63) is 0 Å². The van der Waals surface area contributed by atoms with Gasteiger partial charge in [-0.2, -0.15) is 0 Å². The van der Waals surface area contributed by atoms with Gasteiger partial charge < -0.3 is 14.2 Å². The van der Waals surface area contributed by atoms with Crippen molar-refractivity contribution >= 4 is 11.9 Å². The number of hydrogen-bond acceptors (Lipinski definition) is 5. The molecule has 0 heterocycles. The third-order valence-electron chi connectivity index (χ3n) is 3.11. The molecule has 0 fully saturated rings. The van der Waals surface area contributed by atoms with Gasteiger partial charge in [-0.15, -0.1) is 0 Å². The van der Waals surface area contributed by atoms with E-state index in [1.807, 2.05) is 20.8 Å². The summed E-state index contributed by atoms with van der Waals surface area (Å²) in [6.45, 7) is 10.3. The van der Waals surface area contributed by atoms with Crippen LogP contribution in [-0.2, 0) is 23.8 Å². The number of esters is 2. The molecule has 19 heavy (non-hydrogen) atoms. The summed E-state index contributed by atoms with van der Waals surface area (Å²) in [4.78, 5) is 24.5. The largest absolute Gasteiger partial charge is 0.465 e. The second-order valence-corrected chi connectivity index (χ2v) is 4.51. The molecule has 0 aliphatic heterocycles. The summed E-state index contributed by atoms with van der Waals surface area (Å²) in [6, 6.07) is 0. The topological polar surface area (TPSA) is 61.8 Å². The fraction of sp³-hybridized carbons (Fsp3) is 0.857. The lowest BCUT2D eigenvalue weighted by atomic mass is 9.74. The van der Waals surface area contributed by atoms with Gasteiger partial charge in [0.05, 0.1) is 13.2 Å². The molecule has 0 aromatic heterocycles. The summed E-state index contributed by atoms with van der Waals surface area (Å²) in [5.74, 6) is -1.27. The zero-order valence-electron chi connectivity index (χ0n) is 12.7. The molecule has 0 saturated heterocycles. The van der Waals surface area contributed by atoms with Gasteiger partial charge in [0.2, 0.25) is 0 Å². The molecule has 0 aliphatic carbocycles. The van der Waals surface area contributed by atoms with Crippen molar-refractivity contribution in [3.63, 3.8) is 0 Å². The third-order valence-corrected chi connectivity index (χ3v) is 3.11. The second kappa shape index (κ2) is 8.91. The first-order valence-corrected chi connectivity index (χ1v) is 6.89. The zero-order chi connectivity index (χ0) is 14.9. The van der Waals surface area contributed by atoms with Crippen molar-refractivity contribution in [1.82, 2.24) is 0 Å². The Balaban J connectivity index is 5.21. The van der Waals surface area contributed by atoms with E-state index in [4.69, 9.17) is 14.2 Å². The first-order valence-electron chi connectivity index (χ1n) is 6.89. The summed E-state index contributed by atoms with van der Waals surface area (Å²) in [5, 5.41) is 0. The van der Waals surface area contributed by atoms with Crippen molar-refractivity contribution in [2.45, 2.75) is 41.0 Å². The normalized spacial score (nSPS) is 11.5. The lowest BCUT2D eigenvalue weighted by Crippen LogP contribution is -2.47. The number of carbonyl (C=O) groups excluding carboxylic acids is 2. The number of carbonyl (C=O) groups is 2. The average molecular weight is 274 g/mol.